The van der Waals surface area contributed by atoms with E-state index in [0.29, 0.717) is 0 Å². The molecule has 6 nitrogen and oxygen atoms in total. The highest BCUT2D eigenvalue weighted by Gasteiger charge is 2.37. The van der Waals surface area contributed by atoms with Gasteiger partial charge < -0.3 is 4.90 Å². The molecule has 6 heteroatoms. The van der Waals surface area contributed by atoms with E-state index in [4.69, 9.17) is 0 Å². The summed E-state index contributed by atoms with van der Waals surface area (Å²) >= 11 is 0. The predicted octanol–water partition coefficient (Wildman–Crippen LogP) is -1.19. The maximum absolute atomic E-state index is 11.6. The van der Waals surface area contributed by atoms with Crippen molar-refractivity contribution in [2.75, 3.05) is 21.1 Å². The lowest BCUT2D eigenvalue weighted by Crippen LogP contribution is -2.48. The molecule has 1 rings (SSSR count). The van der Waals surface area contributed by atoms with Crippen LogP contribution in [0.4, 0.5) is 0 Å². The van der Waals surface area contributed by atoms with Gasteiger partial charge in [0.05, 0.1) is 18.5 Å². The van der Waals surface area contributed by atoms with Crippen LogP contribution >= 0.6 is 0 Å². The minimum Gasteiger partial charge on any atom is -0.347 e. The lowest BCUT2D eigenvalue weighted by Gasteiger charge is -2.20. The summed E-state index contributed by atoms with van der Waals surface area (Å²) < 4.78 is 0. The maximum Gasteiger partial charge on any atom is 0.246 e. The topological polar surface area (TPSA) is 69.7 Å². The van der Waals surface area contributed by atoms with Gasteiger partial charge in [0, 0.05) is 21.1 Å². The third-order valence-corrected chi connectivity index (χ3v) is 2.64. The van der Waals surface area contributed by atoms with E-state index in [1.807, 2.05) is 0 Å². The lowest BCUT2D eigenvalue weighted by atomic mass is 10.2. The van der Waals surface area contributed by atoms with Crippen LogP contribution in [0.25, 0.3) is 0 Å². The summed E-state index contributed by atoms with van der Waals surface area (Å²) in [5.74, 6) is -0.606. The molecule has 1 aliphatic heterocycles. The Morgan fingerprint density at radius 1 is 1.50 bits per heavy atom. The average molecular weight is 227 g/mol. The number of imide groups is 1. The average Bonchev–Trinajstić information content (AvgIpc) is 2.45. The molecule has 0 aliphatic carbocycles. The van der Waals surface area contributed by atoms with E-state index in [0.717, 1.165) is 4.90 Å². The van der Waals surface area contributed by atoms with E-state index in [-0.39, 0.29) is 24.1 Å². The Morgan fingerprint density at radius 2 is 2.06 bits per heavy atom. The molecule has 0 radical (unpaired) electrons. The minimum absolute atomic E-state index is 0.116. The molecule has 0 bridgehead atoms. The SMILES string of the molecule is CC(NC1CC(=O)N(C)C1=O)C(=O)N(C)C. The monoisotopic (exact) mass is 227 g/mol. The molecule has 2 atom stereocenters. The molecule has 0 saturated carbocycles. The largest absolute Gasteiger partial charge is 0.347 e. The molecule has 2 unspecified atom stereocenters. The quantitative estimate of drug-likeness (QED) is 0.615. The van der Waals surface area contributed by atoms with Crippen LogP contribution in [0, 0.1) is 0 Å². The number of amides is 3. The highest BCUT2D eigenvalue weighted by molar-refractivity contribution is 6.05. The fourth-order valence-electron chi connectivity index (χ4n) is 1.65. The molecular weight excluding hydrogens is 210 g/mol. The number of likely N-dealkylation sites (tertiary alicyclic amines) is 1. The molecule has 1 heterocycles. The molecule has 0 aromatic heterocycles. The van der Waals surface area contributed by atoms with Crippen molar-refractivity contribution in [1.29, 1.82) is 0 Å². The molecule has 16 heavy (non-hydrogen) atoms. The van der Waals surface area contributed by atoms with Gasteiger partial charge in [-0.1, -0.05) is 0 Å². The molecule has 1 fully saturated rings. The summed E-state index contributed by atoms with van der Waals surface area (Å²) in [5, 5.41) is 2.87. The first-order chi connectivity index (χ1) is 7.34. The fourth-order valence-corrected chi connectivity index (χ4v) is 1.65. The van der Waals surface area contributed by atoms with Gasteiger partial charge in [-0.15, -0.1) is 0 Å². The zero-order chi connectivity index (χ0) is 12.5. The molecule has 3 amide bonds. The second-order valence-corrected chi connectivity index (χ2v) is 4.17. The number of carbonyl (C=O) groups is 3. The normalized spacial score (nSPS) is 22.5. The number of nitrogens with zero attached hydrogens (tertiary/aromatic N) is 2. The zero-order valence-electron chi connectivity index (χ0n) is 9.98. The molecule has 0 aromatic rings. The van der Waals surface area contributed by atoms with Crippen molar-refractivity contribution in [1.82, 2.24) is 15.1 Å². The van der Waals surface area contributed by atoms with Crippen molar-refractivity contribution in [3.8, 4) is 0 Å². The van der Waals surface area contributed by atoms with E-state index in [2.05, 4.69) is 5.32 Å². The van der Waals surface area contributed by atoms with Gasteiger partial charge >= 0.3 is 0 Å². The summed E-state index contributed by atoms with van der Waals surface area (Å²) in [7, 11) is 4.74. The summed E-state index contributed by atoms with van der Waals surface area (Å²) in [6.07, 6.45) is 0.125. The Hall–Kier alpha value is -1.43. The van der Waals surface area contributed by atoms with Crippen molar-refractivity contribution >= 4 is 17.7 Å². The van der Waals surface area contributed by atoms with Gasteiger partial charge in [-0.25, -0.2) is 0 Å². The van der Waals surface area contributed by atoms with Crippen LogP contribution in [-0.4, -0.2) is 60.7 Å². The number of rotatable bonds is 3. The van der Waals surface area contributed by atoms with Crippen molar-refractivity contribution in [3.63, 3.8) is 0 Å². The third-order valence-electron chi connectivity index (χ3n) is 2.64. The summed E-state index contributed by atoms with van der Waals surface area (Å²) in [5.41, 5.74) is 0. The molecule has 90 valence electrons. The van der Waals surface area contributed by atoms with E-state index in [1.54, 1.807) is 21.0 Å². The zero-order valence-corrected chi connectivity index (χ0v) is 9.98. The van der Waals surface area contributed by atoms with E-state index >= 15 is 0 Å². The van der Waals surface area contributed by atoms with Crippen LogP contribution in [0.2, 0.25) is 0 Å². The molecule has 1 saturated heterocycles. The fraction of sp³-hybridized carbons (Fsp3) is 0.700. The van der Waals surface area contributed by atoms with Crippen molar-refractivity contribution in [2.24, 2.45) is 0 Å². The van der Waals surface area contributed by atoms with Crippen LogP contribution in [0.5, 0.6) is 0 Å². The number of likely N-dealkylation sites (N-methyl/N-ethyl adjacent to an activating group) is 2. The summed E-state index contributed by atoms with van der Waals surface area (Å²) in [6, 6.07) is -1.04. The first-order valence-electron chi connectivity index (χ1n) is 5.12. The van der Waals surface area contributed by atoms with E-state index in [1.165, 1.54) is 11.9 Å². The van der Waals surface area contributed by atoms with Gasteiger partial charge in [0.1, 0.15) is 0 Å². The summed E-state index contributed by atoms with van der Waals surface area (Å²) in [4.78, 5) is 36.9. The van der Waals surface area contributed by atoms with Gasteiger partial charge in [0.2, 0.25) is 17.7 Å². The van der Waals surface area contributed by atoms with Crippen molar-refractivity contribution in [2.45, 2.75) is 25.4 Å². The van der Waals surface area contributed by atoms with E-state index < -0.39 is 12.1 Å². The van der Waals surface area contributed by atoms with Crippen LogP contribution in [0.15, 0.2) is 0 Å². The Morgan fingerprint density at radius 3 is 2.44 bits per heavy atom. The molecule has 1 N–H and O–H groups in total. The first-order valence-corrected chi connectivity index (χ1v) is 5.12. The lowest BCUT2D eigenvalue weighted by molar-refractivity contribution is -0.137. The number of hydrogen-bond acceptors (Lipinski definition) is 4. The highest BCUT2D eigenvalue weighted by atomic mass is 16.2. The van der Waals surface area contributed by atoms with Gasteiger partial charge in [0.15, 0.2) is 0 Å². The Kier molecular flexibility index (Phi) is 3.64. The van der Waals surface area contributed by atoms with Crippen LogP contribution in [0.1, 0.15) is 13.3 Å². The number of nitrogens with one attached hydrogen (secondary N) is 1. The Balaban J connectivity index is 2.59. The van der Waals surface area contributed by atoms with E-state index in [9.17, 15) is 14.4 Å². The van der Waals surface area contributed by atoms with Crippen LogP contribution in [-0.2, 0) is 14.4 Å². The number of carbonyl (C=O) groups excluding carboxylic acids is 3. The van der Waals surface area contributed by atoms with Crippen molar-refractivity contribution < 1.29 is 14.4 Å². The third kappa shape index (κ3) is 2.38. The predicted molar refractivity (Wildman–Crippen MR) is 57.5 cm³/mol. The molecular formula is C10H17N3O3. The van der Waals surface area contributed by atoms with Gasteiger partial charge in [0.25, 0.3) is 0 Å². The maximum atomic E-state index is 11.6. The second-order valence-electron chi connectivity index (χ2n) is 4.17. The Labute approximate surface area is 94.6 Å². The summed E-state index contributed by atoms with van der Waals surface area (Å²) in [6.45, 7) is 1.68. The standard InChI is InChI=1S/C10H17N3O3/c1-6(9(15)12(2)3)11-7-5-8(14)13(4)10(7)16/h6-7,11H,5H2,1-4H3. The van der Waals surface area contributed by atoms with Gasteiger partial charge in [-0.3, -0.25) is 24.6 Å². The second kappa shape index (κ2) is 4.61. The Bertz CT molecular complexity index is 327. The molecule has 1 aliphatic rings. The number of hydrogen-bond donors (Lipinski definition) is 1. The van der Waals surface area contributed by atoms with Gasteiger partial charge in [-0.05, 0) is 6.92 Å². The first kappa shape index (κ1) is 12.6. The molecule has 0 spiro atoms. The minimum atomic E-state index is -0.573. The smallest absolute Gasteiger partial charge is 0.246 e. The van der Waals surface area contributed by atoms with Gasteiger partial charge in [-0.2, -0.15) is 0 Å². The van der Waals surface area contributed by atoms with Crippen LogP contribution in [0.3, 0.4) is 0 Å². The van der Waals surface area contributed by atoms with Crippen molar-refractivity contribution in [3.05, 3.63) is 0 Å². The van der Waals surface area contributed by atoms with Crippen LogP contribution < -0.4 is 5.32 Å². The highest BCUT2D eigenvalue weighted by Crippen LogP contribution is 2.11. The molecule has 0 aromatic carbocycles.